The third-order valence-electron chi connectivity index (χ3n) is 2.84. The Morgan fingerprint density at radius 1 is 1.33 bits per heavy atom. The first-order valence-corrected chi connectivity index (χ1v) is 6.30. The van der Waals surface area contributed by atoms with Crippen LogP contribution in [-0.4, -0.2) is 12.9 Å². The van der Waals surface area contributed by atoms with Crippen molar-refractivity contribution in [1.82, 2.24) is 0 Å². The highest BCUT2D eigenvalue weighted by Gasteiger charge is 2.18. The quantitative estimate of drug-likeness (QED) is 0.581. The van der Waals surface area contributed by atoms with Gasteiger partial charge in [0.05, 0.1) is 12.2 Å². The normalized spacial score (nSPS) is 11.1. The number of carbonyl (C=O) groups excluding carboxylic acids is 1. The van der Waals surface area contributed by atoms with Crippen LogP contribution in [0.1, 0.15) is 49.2 Å². The van der Waals surface area contributed by atoms with Crippen LogP contribution >= 0.6 is 0 Å². The lowest BCUT2D eigenvalue weighted by Crippen LogP contribution is -2.13. The molecule has 0 heterocycles. The van der Waals surface area contributed by atoms with Gasteiger partial charge in [0, 0.05) is 0 Å². The standard InChI is InChI=1S/C16H22O2/c1-6-8-12-9-14(16(3,4)5)10-13(11-17)15(12)18-7-2/h6,9-11H,1,7-8H2,2-5H3. The number of hydrogen-bond donors (Lipinski definition) is 0. The molecule has 0 unspecified atom stereocenters. The molecule has 0 saturated heterocycles. The van der Waals surface area contributed by atoms with Crippen molar-refractivity contribution in [3.05, 3.63) is 41.5 Å². The zero-order chi connectivity index (χ0) is 13.8. The van der Waals surface area contributed by atoms with Gasteiger partial charge in [-0.2, -0.15) is 0 Å². The molecule has 0 radical (unpaired) electrons. The first-order valence-electron chi connectivity index (χ1n) is 6.30. The number of ether oxygens (including phenoxy) is 1. The number of hydrogen-bond acceptors (Lipinski definition) is 2. The van der Waals surface area contributed by atoms with Crippen LogP contribution in [0.15, 0.2) is 24.8 Å². The average molecular weight is 246 g/mol. The Bertz CT molecular complexity index is 439. The van der Waals surface area contributed by atoms with Crippen LogP contribution in [0.25, 0.3) is 0 Å². The van der Waals surface area contributed by atoms with E-state index in [4.69, 9.17) is 4.74 Å². The fraction of sp³-hybridized carbons (Fsp3) is 0.438. The maximum atomic E-state index is 11.2. The molecule has 0 aromatic heterocycles. The van der Waals surface area contributed by atoms with Gasteiger partial charge in [-0.3, -0.25) is 4.79 Å². The van der Waals surface area contributed by atoms with E-state index in [2.05, 4.69) is 33.4 Å². The third-order valence-corrected chi connectivity index (χ3v) is 2.84. The lowest BCUT2D eigenvalue weighted by molar-refractivity contribution is 0.111. The minimum absolute atomic E-state index is 0.0123. The molecule has 0 spiro atoms. The van der Waals surface area contributed by atoms with Gasteiger partial charge in [-0.15, -0.1) is 6.58 Å². The van der Waals surface area contributed by atoms with Crippen LogP contribution in [0.4, 0.5) is 0 Å². The highest BCUT2D eigenvalue weighted by Crippen LogP contribution is 2.31. The number of benzene rings is 1. The van der Waals surface area contributed by atoms with Crippen LogP contribution in [0.3, 0.4) is 0 Å². The Morgan fingerprint density at radius 3 is 2.44 bits per heavy atom. The van der Waals surface area contributed by atoms with E-state index in [-0.39, 0.29) is 5.41 Å². The molecule has 0 amide bonds. The Labute approximate surface area is 110 Å². The predicted octanol–water partition coefficient (Wildman–Crippen LogP) is 3.92. The smallest absolute Gasteiger partial charge is 0.153 e. The van der Waals surface area contributed by atoms with Gasteiger partial charge in [-0.1, -0.05) is 32.9 Å². The minimum atomic E-state index is 0.0123. The van der Waals surface area contributed by atoms with E-state index in [0.29, 0.717) is 24.3 Å². The molecule has 2 heteroatoms. The van der Waals surface area contributed by atoms with Crippen LogP contribution in [0.5, 0.6) is 5.75 Å². The second-order valence-electron chi connectivity index (χ2n) is 5.35. The third kappa shape index (κ3) is 3.22. The number of carbonyl (C=O) groups is 1. The molecule has 0 N–H and O–H groups in total. The van der Waals surface area contributed by atoms with Crippen molar-refractivity contribution in [3.63, 3.8) is 0 Å². The molecule has 1 aromatic carbocycles. The second kappa shape index (κ2) is 5.85. The Balaban J connectivity index is 3.42. The number of allylic oxidation sites excluding steroid dienone is 1. The van der Waals surface area contributed by atoms with E-state index in [1.807, 2.05) is 19.1 Å². The van der Waals surface area contributed by atoms with E-state index in [1.54, 1.807) is 0 Å². The van der Waals surface area contributed by atoms with Gasteiger partial charge in [0.25, 0.3) is 0 Å². The van der Waals surface area contributed by atoms with Crippen LogP contribution in [0, 0.1) is 0 Å². The van der Waals surface area contributed by atoms with E-state index in [0.717, 1.165) is 17.4 Å². The van der Waals surface area contributed by atoms with Crippen molar-refractivity contribution >= 4 is 6.29 Å². The zero-order valence-corrected chi connectivity index (χ0v) is 11.7. The summed E-state index contributed by atoms with van der Waals surface area (Å²) in [6.07, 6.45) is 3.41. The van der Waals surface area contributed by atoms with Gasteiger partial charge < -0.3 is 4.74 Å². The molecular weight excluding hydrogens is 224 g/mol. The van der Waals surface area contributed by atoms with Crippen molar-refractivity contribution in [2.24, 2.45) is 0 Å². The summed E-state index contributed by atoms with van der Waals surface area (Å²) in [6, 6.07) is 4.03. The highest BCUT2D eigenvalue weighted by atomic mass is 16.5. The topological polar surface area (TPSA) is 26.3 Å². The van der Waals surface area contributed by atoms with Crippen LogP contribution < -0.4 is 4.74 Å². The predicted molar refractivity (Wildman–Crippen MR) is 75.6 cm³/mol. The summed E-state index contributed by atoms with van der Waals surface area (Å²) in [5, 5.41) is 0. The molecule has 18 heavy (non-hydrogen) atoms. The van der Waals surface area contributed by atoms with Crippen molar-refractivity contribution in [2.75, 3.05) is 6.61 Å². The molecule has 2 nitrogen and oxygen atoms in total. The summed E-state index contributed by atoms with van der Waals surface area (Å²) < 4.78 is 5.60. The van der Waals surface area contributed by atoms with Crippen LogP contribution in [-0.2, 0) is 11.8 Å². The number of rotatable bonds is 5. The molecule has 0 atom stereocenters. The first-order chi connectivity index (χ1) is 8.43. The summed E-state index contributed by atoms with van der Waals surface area (Å²) in [4.78, 5) is 11.2. The van der Waals surface area contributed by atoms with Crippen molar-refractivity contribution in [1.29, 1.82) is 0 Å². The summed E-state index contributed by atoms with van der Waals surface area (Å²) in [7, 11) is 0. The van der Waals surface area contributed by atoms with Gasteiger partial charge >= 0.3 is 0 Å². The minimum Gasteiger partial charge on any atom is -0.493 e. The van der Waals surface area contributed by atoms with Crippen LogP contribution in [0.2, 0.25) is 0 Å². The van der Waals surface area contributed by atoms with E-state index in [9.17, 15) is 4.79 Å². The average Bonchev–Trinajstić information content (AvgIpc) is 2.30. The Morgan fingerprint density at radius 2 is 2.00 bits per heavy atom. The van der Waals surface area contributed by atoms with Gasteiger partial charge in [0.2, 0.25) is 0 Å². The van der Waals surface area contributed by atoms with E-state index in [1.165, 1.54) is 0 Å². The molecule has 0 saturated carbocycles. The first kappa shape index (κ1) is 14.5. The molecule has 98 valence electrons. The fourth-order valence-electron chi connectivity index (χ4n) is 1.86. The van der Waals surface area contributed by atoms with Gasteiger partial charge in [-0.05, 0) is 36.0 Å². The SMILES string of the molecule is C=CCc1cc(C(C)(C)C)cc(C=O)c1OCC. The molecule has 0 aliphatic rings. The van der Waals surface area contributed by atoms with Gasteiger partial charge in [-0.25, -0.2) is 0 Å². The van der Waals surface area contributed by atoms with Crippen molar-refractivity contribution in [3.8, 4) is 5.75 Å². The number of aldehydes is 1. The molecular formula is C16H22O2. The maximum absolute atomic E-state index is 11.2. The summed E-state index contributed by atoms with van der Waals surface area (Å²) in [6.45, 7) is 12.6. The Kier molecular flexibility index (Phi) is 4.71. The van der Waals surface area contributed by atoms with E-state index >= 15 is 0 Å². The lowest BCUT2D eigenvalue weighted by Gasteiger charge is -2.22. The molecule has 0 aliphatic carbocycles. The van der Waals surface area contributed by atoms with Gasteiger partial charge in [0.1, 0.15) is 5.75 Å². The Hall–Kier alpha value is -1.57. The fourth-order valence-corrected chi connectivity index (χ4v) is 1.86. The highest BCUT2D eigenvalue weighted by molar-refractivity contribution is 5.81. The molecule has 0 bridgehead atoms. The molecule has 1 aromatic rings. The summed E-state index contributed by atoms with van der Waals surface area (Å²) in [5.74, 6) is 0.695. The maximum Gasteiger partial charge on any atom is 0.153 e. The molecule has 0 aliphatic heterocycles. The zero-order valence-electron chi connectivity index (χ0n) is 11.7. The summed E-state index contributed by atoms with van der Waals surface area (Å²) in [5.41, 5.74) is 2.81. The van der Waals surface area contributed by atoms with Crippen molar-refractivity contribution in [2.45, 2.75) is 39.5 Å². The molecule has 1 rings (SSSR count). The molecule has 0 fully saturated rings. The second-order valence-corrected chi connectivity index (χ2v) is 5.35. The van der Waals surface area contributed by atoms with Crippen molar-refractivity contribution < 1.29 is 9.53 Å². The van der Waals surface area contributed by atoms with Gasteiger partial charge in [0.15, 0.2) is 6.29 Å². The monoisotopic (exact) mass is 246 g/mol. The largest absolute Gasteiger partial charge is 0.493 e. The van der Waals surface area contributed by atoms with E-state index < -0.39 is 0 Å². The lowest BCUT2D eigenvalue weighted by atomic mass is 9.84. The summed E-state index contributed by atoms with van der Waals surface area (Å²) >= 11 is 0.